The topological polar surface area (TPSA) is 35.0 Å². The molecule has 1 heterocycles. The number of aromatic nitrogens is 2. The second kappa shape index (κ2) is 5.14. The lowest BCUT2D eigenvalue weighted by Crippen LogP contribution is -1.97. The molecular weight excluding hydrogens is 247 g/mol. The Hall–Kier alpha value is -1.32. The van der Waals surface area contributed by atoms with E-state index in [1.807, 2.05) is 30.3 Å². The zero-order valence-electron chi connectivity index (χ0n) is 8.23. The molecule has 0 unspecified atom stereocenters. The quantitative estimate of drug-likeness (QED) is 0.623. The van der Waals surface area contributed by atoms with E-state index in [0.717, 1.165) is 5.56 Å². The lowest BCUT2D eigenvalue weighted by atomic mass is 10.2. The van der Waals surface area contributed by atoms with Crippen molar-refractivity contribution in [2.75, 3.05) is 0 Å². The number of hydrogen-bond acceptors (Lipinski definition) is 3. The van der Waals surface area contributed by atoms with Crippen LogP contribution in [0.2, 0.25) is 10.4 Å². The van der Waals surface area contributed by atoms with Gasteiger partial charge in [0.05, 0.1) is 6.20 Å². The van der Waals surface area contributed by atoms with Gasteiger partial charge in [0.15, 0.2) is 10.9 Å². The summed E-state index contributed by atoms with van der Waals surface area (Å²) in [6.45, 7) is 0.422. The summed E-state index contributed by atoms with van der Waals surface area (Å²) in [6, 6.07) is 9.76. The first-order valence-electron chi connectivity index (χ1n) is 4.60. The molecule has 0 atom stereocenters. The molecule has 0 aliphatic heterocycles. The van der Waals surface area contributed by atoms with E-state index in [4.69, 9.17) is 27.9 Å². The number of halogens is 2. The monoisotopic (exact) mass is 254 g/mol. The molecule has 0 aliphatic rings. The van der Waals surface area contributed by atoms with Gasteiger partial charge in [-0.25, -0.2) is 9.97 Å². The van der Waals surface area contributed by atoms with E-state index in [2.05, 4.69) is 9.97 Å². The van der Waals surface area contributed by atoms with Crippen molar-refractivity contribution < 1.29 is 4.74 Å². The van der Waals surface area contributed by atoms with Crippen molar-refractivity contribution in [3.63, 3.8) is 0 Å². The molecule has 3 nitrogen and oxygen atoms in total. The van der Waals surface area contributed by atoms with Gasteiger partial charge in [-0.3, -0.25) is 0 Å². The second-order valence-corrected chi connectivity index (χ2v) is 3.76. The molecule has 0 saturated heterocycles. The van der Waals surface area contributed by atoms with E-state index in [-0.39, 0.29) is 10.4 Å². The predicted octanol–water partition coefficient (Wildman–Crippen LogP) is 3.36. The zero-order chi connectivity index (χ0) is 11.4. The number of nitrogens with zero attached hydrogens (tertiary/aromatic N) is 2. The van der Waals surface area contributed by atoms with E-state index in [0.29, 0.717) is 12.4 Å². The van der Waals surface area contributed by atoms with Gasteiger partial charge >= 0.3 is 0 Å². The first kappa shape index (κ1) is 11.2. The van der Waals surface area contributed by atoms with Crippen LogP contribution in [-0.4, -0.2) is 9.97 Å². The standard InChI is InChI=1S/C11H8Cl2N2O/c12-10-9(6-14-11(13)15-10)16-7-8-4-2-1-3-5-8/h1-6H,7H2. The Kier molecular flexibility index (Phi) is 3.59. The fourth-order valence-corrected chi connectivity index (χ4v) is 1.52. The smallest absolute Gasteiger partial charge is 0.224 e. The molecule has 2 rings (SSSR count). The van der Waals surface area contributed by atoms with Crippen molar-refractivity contribution in [3.8, 4) is 5.75 Å². The van der Waals surface area contributed by atoms with Crippen molar-refractivity contribution in [2.45, 2.75) is 6.61 Å². The Morgan fingerprint density at radius 2 is 1.88 bits per heavy atom. The fourth-order valence-electron chi connectivity index (χ4n) is 1.16. The van der Waals surface area contributed by atoms with Crippen LogP contribution in [0, 0.1) is 0 Å². The molecule has 0 bridgehead atoms. The van der Waals surface area contributed by atoms with Crippen LogP contribution in [0.15, 0.2) is 36.5 Å². The molecule has 2 aromatic rings. The van der Waals surface area contributed by atoms with E-state index in [9.17, 15) is 0 Å². The summed E-state index contributed by atoms with van der Waals surface area (Å²) >= 11 is 11.4. The van der Waals surface area contributed by atoms with Crippen LogP contribution in [0.3, 0.4) is 0 Å². The molecule has 0 aliphatic carbocycles. The first-order chi connectivity index (χ1) is 7.75. The maximum Gasteiger partial charge on any atom is 0.224 e. The van der Waals surface area contributed by atoms with Gasteiger partial charge < -0.3 is 4.74 Å². The van der Waals surface area contributed by atoms with Gasteiger partial charge in [0.2, 0.25) is 5.28 Å². The SMILES string of the molecule is Clc1ncc(OCc2ccccc2)c(Cl)n1. The van der Waals surface area contributed by atoms with Crippen LogP contribution in [0.5, 0.6) is 5.75 Å². The Morgan fingerprint density at radius 3 is 2.56 bits per heavy atom. The van der Waals surface area contributed by atoms with Crippen LogP contribution in [0.1, 0.15) is 5.56 Å². The third-order valence-electron chi connectivity index (χ3n) is 1.92. The molecule has 0 radical (unpaired) electrons. The summed E-state index contributed by atoms with van der Waals surface area (Å²) in [5, 5.41) is 0.327. The molecule has 0 saturated carbocycles. The lowest BCUT2D eigenvalue weighted by molar-refractivity contribution is 0.304. The minimum Gasteiger partial charge on any atom is -0.484 e. The molecule has 0 N–H and O–H groups in total. The maximum atomic E-state index is 5.84. The summed E-state index contributed by atoms with van der Waals surface area (Å²) < 4.78 is 5.46. The Balaban J connectivity index is 2.05. The third-order valence-corrected chi connectivity index (χ3v) is 2.37. The van der Waals surface area contributed by atoms with Gasteiger partial charge in [0, 0.05) is 0 Å². The van der Waals surface area contributed by atoms with Gasteiger partial charge in [0.25, 0.3) is 0 Å². The minimum atomic E-state index is 0.108. The van der Waals surface area contributed by atoms with Crippen molar-refractivity contribution in [2.24, 2.45) is 0 Å². The van der Waals surface area contributed by atoms with E-state index in [1.54, 1.807) is 0 Å². The van der Waals surface area contributed by atoms with Gasteiger partial charge in [0.1, 0.15) is 6.61 Å². The molecule has 0 fully saturated rings. The summed E-state index contributed by atoms with van der Waals surface area (Å²) in [4.78, 5) is 7.58. The van der Waals surface area contributed by atoms with Crippen molar-refractivity contribution in [1.29, 1.82) is 0 Å². The number of ether oxygens (including phenoxy) is 1. The highest BCUT2D eigenvalue weighted by Gasteiger charge is 2.04. The van der Waals surface area contributed by atoms with Crippen LogP contribution in [0.4, 0.5) is 0 Å². The Morgan fingerprint density at radius 1 is 1.12 bits per heavy atom. The molecule has 0 amide bonds. The van der Waals surface area contributed by atoms with Gasteiger partial charge in [-0.1, -0.05) is 41.9 Å². The van der Waals surface area contributed by atoms with Crippen LogP contribution in [0.25, 0.3) is 0 Å². The molecule has 82 valence electrons. The summed E-state index contributed by atoms with van der Waals surface area (Å²) in [5.74, 6) is 0.426. The fraction of sp³-hybridized carbons (Fsp3) is 0.0909. The van der Waals surface area contributed by atoms with E-state index >= 15 is 0 Å². The largest absolute Gasteiger partial charge is 0.484 e. The Labute approximate surface area is 103 Å². The molecule has 5 heteroatoms. The highest BCUT2D eigenvalue weighted by Crippen LogP contribution is 2.22. The predicted molar refractivity (Wildman–Crippen MR) is 62.8 cm³/mol. The minimum absolute atomic E-state index is 0.108. The lowest BCUT2D eigenvalue weighted by Gasteiger charge is -2.06. The Bertz CT molecular complexity index is 477. The van der Waals surface area contributed by atoms with Crippen molar-refractivity contribution in [3.05, 3.63) is 52.5 Å². The maximum absolute atomic E-state index is 5.84. The molecular formula is C11H8Cl2N2O. The van der Waals surface area contributed by atoms with Crippen LogP contribution < -0.4 is 4.74 Å². The van der Waals surface area contributed by atoms with E-state index in [1.165, 1.54) is 6.20 Å². The van der Waals surface area contributed by atoms with Crippen molar-refractivity contribution in [1.82, 2.24) is 9.97 Å². The van der Waals surface area contributed by atoms with Crippen molar-refractivity contribution >= 4 is 23.2 Å². The van der Waals surface area contributed by atoms with E-state index < -0.39 is 0 Å². The van der Waals surface area contributed by atoms with Gasteiger partial charge in [-0.05, 0) is 17.2 Å². The zero-order valence-corrected chi connectivity index (χ0v) is 9.74. The molecule has 1 aromatic heterocycles. The van der Waals surface area contributed by atoms with Gasteiger partial charge in [-0.15, -0.1) is 0 Å². The highest BCUT2D eigenvalue weighted by atomic mass is 35.5. The summed E-state index contributed by atoms with van der Waals surface area (Å²) in [7, 11) is 0. The number of hydrogen-bond donors (Lipinski definition) is 0. The summed E-state index contributed by atoms with van der Waals surface area (Å²) in [6.07, 6.45) is 1.46. The van der Waals surface area contributed by atoms with Crippen LogP contribution in [-0.2, 0) is 6.61 Å². The average Bonchev–Trinajstić information content (AvgIpc) is 2.29. The first-order valence-corrected chi connectivity index (χ1v) is 5.36. The van der Waals surface area contributed by atoms with Crippen LogP contribution >= 0.6 is 23.2 Å². The molecule has 1 aromatic carbocycles. The summed E-state index contributed by atoms with van der Waals surface area (Å²) in [5.41, 5.74) is 1.05. The molecule has 0 spiro atoms. The number of rotatable bonds is 3. The second-order valence-electron chi connectivity index (χ2n) is 3.07. The number of benzene rings is 1. The normalized spacial score (nSPS) is 10.1. The van der Waals surface area contributed by atoms with Gasteiger partial charge in [-0.2, -0.15) is 0 Å². The highest BCUT2D eigenvalue weighted by molar-refractivity contribution is 6.32. The average molecular weight is 255 g/mol. The third kappa shape index (κ3) is 2.84. The molecule has 16 heavy (non-hydrogen) atoms.